The van der Waals surface area contributed by atoms with Crippen molar-refractivity contribution in [3.05, 3.63) is 34.9 Å². The number of hydrogen-bond donors (Lipinski definition) is 1. The maximum atomic E-state index is 12.3. The van der Waals surface area contributed by atoms with Crippen LogP contribution in [0.25, 0.3) is 10.9 Å². The van der Waals surface area contributed by atoms with Crippen LogP contribution < -0.4 is 15.6 Å². The van der Waals surface area contributed by atoms with Gasteiger partial charge in [-0.1, -0.05) is 6.07 Å². The predicted molar refractivity (Wildman–Crippen MR) is 68.9 cm³/mol. The number of nitrogens with one attached hydrogen (secondary N) is 1. The van der Waals surface area contributed by atoms with Gasteiger partial charge >= 0.3 is 0 Å². The molecular weight excluding hydrogens is 230 g/mol. The summed E-state index contributed by atoms with van der Waals surface area (Å²) in [6.45, 7) is 2.68. The van der Waals surface area contributed by atoms with Crippen LogP contribution in [0.4, 0.5) is 0 Å². The number of ether oxygens (including phenoxy) is 1. The van der Waals surface area contributed by atoms with Crippen LogP contribution in [-0.2, 0) is 6.54 Å². The van der Waals surface area contributed by atoms with E-state index in [1.54, 1.807) is 24.1 Å². The highest BCUT2D eigenvalue weighted by Gasteiger charge is 2.18. The smallest absolute Gasteiger partial charge is 0.261 e. The standard InChI is InChI=1S/C13H15N3O2/c1-18-11-4-2-3-10-12(11)15-8-16(13(10)17)7-9-5-14-6-9/h2-4,8-9,14H,5-7H2,1H3. The lowest BCUT2D eigenvalue weighted by Gasteiger charge is -2.27. The maximum absolute atomic E-state index is 12.3. The molecule has 0 radical (unpaired) electrons. The molecule has 2 heterocycles. The lowest BCUT2D eigenvalue weighted by molar-refractivity contribution is 0.303. The van der Waals surface area contributed by atoms with Gasteiger partial charge in [-0.05, 0) is 12.1 Å². The van der Waals surface area contributed by atoms with Gasteiger partial charge < -0.3 is 10.1 Å². The highest BCUT2D eigenvalue weighted by Crippen LogP contribution is 2.20. The lowest BCUT2D eigenvalue weighted by Crippen LogP contribution is -2.45. The Morgan fingerprint density at radius 1 is 1.50 bits per heavy atom. The van der Waals surface area contributed by atoms with Gasteiger partial charge in [-0.2, -0.15) is 0 Å². The summed E-state index contributed by atoms with van der Waals surface area (Å²) < 4.78 is 6.90. The van der Waals surface area contributed by atoms with Crippen molar-refractivity contribution in [2.45, 2.75) is 6.54 Å². The molecule has 1 N–H and O–H groups in total. The highest BCUT2D eigenvalue weighted by atomic mass is 16.5. The Kier molecular flexibility index (Phi) is 2.76. The Labute approximate surface area is 104 Å². The van der Waals surface area contributed by atoms with E-state index < -0.39 is 0 Å². The van der Waals surface area contributed by atoms with E-state index in [1.807, 2.05) is 12.1 Å². The maximum Gasteiger partial charge on any atom is 0.261 e. The summed E-state index contributed by atoms with van der Waals surface area (Å²) in [4.78, 5) is 16.7. The van der Waals surface area contributed by atoms with Crippen molar-refractivity contribution < 1.29 is 4.74 Å². The van der Waals surface area contributed by atoms with Gasteiger partial charge in [0.1, 0.15) is 11.3 Å². The normalized spacial score (nSPS) is 15.6. The minimum Gasteiger partial charge on any atom is -0.494 e. The number of hydrogen-bond acceptors (Lipinski definition) is 4. The van der Waals surface area contributed by atoms with Crippen molar-refractivity contribution in [2.24, 2.45) is 5.92 Å². The summed E-state index contributed by atoms with van der Waals surface area (Å²) in [6, 6.07) is 5.43. The molecule has 5 nitrogen and oxygen atoms in total. The number of methoxy groups -OCH3 is 1. The summed E-state index contributed by atoms with van der Waals surface area (Å²) >= 11 is 0. The van der Waals surface area contributed by atoms with E-state index in [0.717, 1.165) is 19.6 Å². The second kappa shape index (κ2) is 4.42. The topological polar surface area (TPSA) is 56.1 Å². The summed E-state index contributed by atoms with van der Waals surface area (Å²) in [5.74, 6) is 1.18. The number of rotatable bonds is 3. The molecule has 0 bridgehead atoms. The number of para-hydroxylation sites is 1. The van der Waals surface area contributed by atoms with Gasteiger partial charge in [0.2, 0.25) is 0 Å². The van der Waals surface area contributed by atoms with Gasteiger partial charge in [-0.3, -0.25) is 9.36 Å². The molecule has 1 aliphatic heterocycles. The predicted octanol–water partition coefficient (Wildman–Crippen LogP) is 0.624. The van der Waals surface area contributed by atoms with Crippen molar-refractivity contribution in [3.63, 3.8) is 0 Å². The van der Waals surface area contributed by atoms with Crippen molar-refractivity contribution >= 4 is 10.9 Å². The van der Waals surface area contributed by atoms with Crippen LogP contribution in [0.3, 0.4) is 0 Å². The molecule has 18 heavy (non-hydrogen) atoms. The minimum absolute atomic E-state index is 0.00537. The van der Waals surface area contributed by atoms with E-state index in [1.165, 1.54) is 0 Å². The van der Waals surface area contributed by atoms with Crippen LogP contribution in [0, 0.1) is 5.92 Å². The summed E-state index contributed by atoms with van der Waals surface area (Å²) in [5, 5.41) is 3.82. The number of fused-ring (bicyclic) bond motifs is 1. The fourth-order valence-corrected chi connectivity index (χ4v) is 2.21. The highest BCUT2D eigenvalue weighted by molar-refractivity contribution is 5.83. The zero-order valence-electron chi connectivity index (χ0n) is 10.2. The summed E-state index contributed by atoms with van der Waals surface area (Å²) in [5.41, 5.74) is 0.638. The average molecular weight is 245 g/mol. The zero-order chi connectivity index (χ0) is 12.5. The average Bonchev–Trinajstić information content (AvgIpc) is 2.35. The molecule has 0 atom stereocenters. The first kappa shape index (κ1) is 11.2. The van der Waals surface area contributed by atoms with Crippen molar-refractivity contribution in [3.8, 4) is 5.75 Å². The molecule has 1 saturated heterocycles. The molecule has 94 valence electrons. The van der Waals surface area contributed by atoms with E-state index in [2.05, 4.69) is 10.3 Å². The quantitative estimate of drug-likeness (QED) is 0.861. The van der Waals surface area contributed by atoms with Gasteiger partial charge in [-0.25, -0.2) is 4.98 Å². The molecule has 0 aliphatic carbocycles. The first-order chi connectivity index (χ1) is 8.79. The molecule has 0 saturated carbocycles. The van der Waals surface area contributed by atoms with E-state index in [4.69, 9.17) is 4.74 Å². The molecule has 0 unspecified atom stereocenters. The van der Waals surface area contributed by atoms with Crippen molar-refractivity contribution in [2.75, 3.05) is 20.2 Å². The first-order valence-electron chi connectivity index (χ1n) is 6.02. The Bertz CT molecular complexity index is 632. The minimum atomic E-state index is 0.00537. The monoisotopic (exact) mass is 245 g/mol. The third kappa shape index (κ3) is 1.76. The number of aromatic nitrogens is 2. The molecule has 2 aromatic rings. The number of benzene rings is 1. The SMILES string of the molecule is COc1cccc2c(=O)n(CC3CNC3)cnc12. The van der Waals surface area contributed by atoms with Crippen LogP contribution in [-0.4, -0.2) is 29.8 Å². The molecule has 0 spiro atoms. The van der Waals surface area contributed by atoms with Gasteiger partial charge in [-0.15, -0.1) is 0 Å². The van der Waals surface area contributed by atoms with Crippen LogP contribution in [0.15, 0.2) is 29.3 Å². The Balaban J connectivity index is 2.08. The second-order valence-corrected chi connectivity index (χ2v) is 4.58. The fourth-order valence-electron chi connectivity index (χ4n) is 2.21. The third-order valence-electron chi connectivity index (χ3n) is 3.36. The Morgan fingerprint density at radius 2 is 2.33 bits per heavy atom. The fraction of sp³-hybridized carbons (Fsp3) is 0.385. The van der Waals surface area contributed by atoms with Gasteiger partial charge in [0.25, 0.3) is 5.56 Å². The third-order valence-corrected chi connectivity index (χ3v) is 3.36. The van der Waals surface area contributed by atoms with E-state index in [-0.39, 0.29) is 5.56 Å². The van der Waals surface area contributed by atoms with Crippen LogP contribution in [0.2, 0.25) is 0 Å². The Morgan fingerprint density at radius 3 is 3.00 bits per heavy atom. The van der Waals surface area contributed by atoms with E-state index in [9.17, 15) is 4.79 Å². The largest absolute Gasteiger partial charge is 0.494 e. The molecule has 1 fully saturated rings. The summed E-state index contributed by atoms with van der Waals surface area (Å²) in [6.07, 6.45) is 1.62. The van der Waals surface area contributed by atoms with Crippen molar-refractivity contribution in [1.29, 1.82) is 0 Å². The molecule has 1 aromatic heterocycles. The van der Waals surface area contributed by atoms with Gasteiger partial charge in [0.05, 0.1) is 18.8 Å². The van der Waals surface area contributed by atoms with Crippen LogP contribution in [0.5, 0.6) is 5.75 Å². The molecule has 3 rings (SSSR count). The molecular formula is C13H15N3O2. The van der Waals surface area contributed by atoms with Gasteiger partial charge in [0, 0.05) is 25.6 Å². The Hall–Kier alpha value is -1.88. The number of nitrogens with zero attached hydrogens (tertiary/aromatic N) is 2. The van der Waals surface area contributed by atoms with Crippen LogP contribution in [0.1, 0.15) is 0 Å². The van der Waals surface area contributed by atoms with E-state index >= 15 is 0 Å². The zero-order valence-corrected chi connectivity index (χ0v) is 10.2. The van der Waals surface area contributed by atoms with Crippen LogP contribution >= 0.6 is 0 Å². The van der Waals surface area contributed by atoms with E-state index in [0.29, 0.717) is 22.6 Å². The summed E-state index contributed by atoms with van der Waals surface area (Å²) in [7, 11) is 1.59. The lowest BCUT2D eigenvalue weighted by atomic mass is 10.0. The molecule has 1 aromatic carbocycles. The van der Waals surface area contributed by atoms with Crippen molar-refractivity contribution in [1.82, 2.24) is 14.9 Å². The first-order valence-corrected chi connectivity index (χ1v) is 6.02. The molecule has 5 heteroatoms. The van der Waals surface area contributed by atoms with Gasteiger partial charge in [0.15, 0.2) is 0 Å². The second-order valence-electron chi connectivity index (χ2n) is 4.58. The molecule has 0 amide bonds. The molecule has 1 aliphatic rings.